The van der Waals surface area contributed by atoms with Crippen LogP contribution in [0.5, 0.6) is 5.75 Å². The highest BCUT2D eigenvalue weighted by atomic mass is 32.1. The number of hydrogen-bond acceptors (Lipinski definition) is 5. The molecule has 0 saturated carbocycles. The van der Waals surface area contributed by atoms with E-state index in [0.717, 1.165) is 38.4 Å². The Morgan fingerprint density at radius 2 is 1.88 bits per heavy atom. The van der Waals surface area contributed by atoms with Crippen LogP contribution in [-0.4, -0.2) is 17.3 Å². The lowest BCUT2D eigenvalue weighted by molar-refractivity contribution is 0.211. The molecule has 0 fully saturated rings. The second kappa shape index (κ2) is 6.43. The van der Waals surface area contributed by atoms with Crippen LogP contribution in [0.1, 0.15) is 35.2 Å². The van der Waals surface area contributed by atoms with Gasteiger partial charge in [-0.15, -0.1) is 11.3 Å². The second-order valence-electron chi connectivity index (χ2n) is 6.72. The average molecular weight is 366 g/mol. The van der Waals surface area contributed by atoms with Crippen molar-refractivity contribution < 1.29 is 10.2 Å². The molecule has 2 heterocycles. The summed E-state index contributed by atoms with van der Waals surface area (Å²) in [7, 11) is 1.94. The molecule has 2 atom stereocenters. The zero-order valence-electron chi connectivity index (χ0n) is 15.0. The number of phenols is 1. The van der Waals surface area contributed by atoms with Crippen LogP contribution in [0.15, 0.2) is 41.8 Å². The minimum atomic E-state index is -0.715. The van der Waals surface area contributed by atoms with E-state index in [1.165, 1.54) is 16.9 Å². The maximum absolute atomic E-state index is 10.8. The third kappa shape index (κ3) is 2.60. The Bertz CT molecular complexity index is 963. The van der Waals surface area contributed by atoms with Crippen molar-refractivity contribution in [3.8, 4) is 28.0 Å². The standard InChI is InChI=1S/C21H22N2O2S/c1-11-10-16(24)17(14-6-4-13(5-7-14)12(2)22-3)18-15-8-9-26-20(15)21(25)23-19(11)18/h4-10,12,21-25H,1-3H3/t12?,21-/m1/s1. The van der Waals surface area contributed by atoms with Crippen molar-refractivity contribution in [2.75, 3.05) is 12.4 Å². The molecule has 0 saturated heterocycles. The van der Waals surface area contributed by atoms with Gasteiger partial charge >= 0.3 is 0 Å². The first-order valence-corrected chi connectivity index (χ1v) is 9.55. The van der Waals surface area contributed by atoms with Crippen molar-refractivity contribution in [1.82, 2.24) is 5.32 Å². The molecule has 0 amide bonds. The third-order valence-electron chi connectivity index (χ3n) is 5.13. The molecular weight excluding hydrogens is 344 g/mol. The maximum Gasteiger partial charge on any atom is 0.160 e. The van der Waals surface area contributed by atoms with Gasteiger partial charge in [0, 0.05) is 28.4 Å². The SMILES string of the molecule is CNC(C)c1ccc(-c2c(O)cc(C)c3c2-c2ccsc2[C@@H](O)N3)cc1. The first-order valence-electron chi connectivity index (χ1n) is 8.67. The highest BCUT2D eigenvalue weighted by Crippen LogP contribution is 2.51. The van der Waals surface area contributed by atoms with Crippen LogP contribution in [0.3, 0.4) is 0 Å². The van der Waals surface area contributed by atoms with Gasteiger partial charge in [0.1, 0.15) is 5.75 Å². The van der Waals surface area contributed by atoms with E-state index in [1.807, 2.05) is 37.6 Å². The van der Waals surface area contributed by atoms with Gasteiger partial charge in [-0.1, -0.05) is 24.3 Å². The van der Waals surface area contributed by atoms with E-state index in [9.17, 15) is 10.2 Å². The van der Waals surface area contributed by atoms with Crippen molar-refractivity contribution in [2.24, 2.45) is 0 Å². The largest absolute Gasteiger partial charge is 0.507 e. The number of aliphatic hydroxyl groups excluding tert-OH is 1. The molecule has 4 rings (SSSR count). The molecule has 0 spiro atoms. The number of aromatic hydroxyl groups is 1. The molecule has 1 aliphatic rings. The third-order valence-corrected chi connectivity index (χ3v) is 6.10. The maximum atomic E-state index is 10.8. The Morgan fingerprint density at radius 3 is 2.58 bits per heavy atom. The molecule has 5 heteroatoms. The van der Waals surface area contributed by atoms with Gasteiger partial charge in [-0.25, -0.2) is 0 Å². The summed E-state index contributed by atoms with van der Waals surface area (Å²) in [4.78, 5) is 0.879. The molecule has 26 heavy (non-hydrogen) atoms. The predicted molar refractivity (Wildman–Crippen MR) is 108 cm³/mol. The van der Waals surface area contributed by atoms with Crippen molar-refractivity contribution in [3.63, 3.8) is 0 Å². The number of anilines is 1. The number of phenolic OH excluding ortho intramolecular Hbond substituents is 1. The highest BCUT2D eigenvalue weighted by Gasteiger charge is 2.29. The fourth-order valence-corrected chi connectivity index (χ4v) is 4.43. The number of thiophene rings is 1. The zero-order chi connectivity index (χ0) is 18.4. The summed E-state index contributed by atoms with van der Waals surface area (Å²) < 4.78 is 0. The number of aliphatic hydroxyl groups is 1. The predicted octanol–water partition coefficient (Wildman–Crippen LogP) is 4.79. The summed E-state index contributed by atoms with van der Waals surface area (Å²) in [6.07, 6.45) is -0.715. The van der Waals surface area contributed by atoms with Gasteiger partial charge in [-0.3, -0.25) is 0 Å². The number of benzene rings is 2. The van der Waals surface area contributed by atoms with Crippen LogP contribution < -0.4 is 10.6 Å². The van der Waals surface area contributed by atoms with E-state index >= 15 is 0 Å². The van der Waals surface area contributed by atoms with E-state index in [0.29, 0.717) is 0 Å². The van der Waals surface area contributed by atoms with Gasteiger partial charge < -0.3 is 20.8 Å². The minimum absolute atomic E-state index is 0.256. The summed E-state index contributed by atoms with van der Waals surface area (Å²) in [6.45, 7) is 4.06. The van der Waals surface area contributed by atoms with E-state index in [2.05, 4.69) is 29.7 Å². The highest BCUT2D eigenvalue weighted by molar-refractivity contribution is 7.10. The quantitative estimate of drug-likeness (QED) is 0.503. The van der Waals surface area contributed by atoms with Crippen LogP contribution >= 0.6 is 11.3 Å². The van der Waals surface area contributed by atoms with Crippen molar-refractivity contribution in [2.45, 2.75) is 26.1 Å². The summed E-state index contributed by atoms with van der Waals surface area (Å²) in [6, 6.07) is 12.3. The van der Waals surface area contributed by atoms with Crippen molar-refractivity contribution in [3.05, 3.63) is 57.8 Å². The number of nitrogens with one attached hydrogen (secondary N) is 2. The zero-order valence-corrected chi connectivity index (χ0v) is 15.8. The lowest BCUT2D eigenvalue weighted by atomic mass is 9.87. The van der Waals surface area contributed by atoms with E-state index < -0.39 is 6.23 Å². The number of rotatable bonds is 3. The topological polar surface area (TPSA) is 64.5 Å². The fraction of sp³-hybridized carbons (Fsp3) is 0.238. The first-order chi connectivity index (χ1) is 12.5. The Hall–Kier alpha value is -2.34. The molecule has 134 valence electrons. The molecule has 0 radical (unpaired) electrons. The average Bonchev–Trinajstić information content (AvgIpc) is 3.13. The lowest BCUT2D eigenvalue weighted by Gasteiger charge is -2.28. The van der Waals surface area contributed by atoms with Gasteiger partial charge in [-0.05, 0) is 55.1 Å². The van der Waals surface area contributed by atoms with Crippen LogP contribution in [-0.2, 0) is 0 Å². The molecule has 4 nitrogen and oxygen atoms in total. The van der Waals surface area contributed by atoms with E-state index in [4.69, 9.17) is 0 Å². The molecule has 3 aromatic rings. The van der Waals surface area contributed by atoms with Gasteiger partial charge in [0.05, 0.1) is 4.88 Å². The van der Waals surface area contributed by atoms with Gasteiger partial charge in [0.15, 0.2) is 6.23 Å². The minimum Gasteiger partial charge on any atom is -0.507 e. The first kappa shape index (κ1) is 17.1. The molecule has 0 bridgehead atoms. The second-order valence-corrected chi connectivity index (χ2v) is 7.66. The number of hydrogen-bond donors (Lipinski definition) is 4. The van der Waals surface area contributed by atoms with Crippen molar-refractivity contribution in [1.29, 1.82) is 0 Å². The molecule has 0 aliphatic carbocycles. The monoisotopic (exact) mass is 366 g/mol. The Kier molecular flexibility index (Phi) is 4.23. The molecule has 2 aromatic carbocycles. The Labute approximate surface area is 157 Å². The Morgan fingerprint density at radius 1 is 1.15 bits per heavy atom. The van der Waals surface area contributed by atoms with Crippen LogP contribution in [0.25, 0.3) is 22.3 Å². The van der Waals surface area contributed by atoms with E-state index in [1.54, 1.807) is 6.07 Å². The normalized spacial score (nSPS) is 16.5. The summed E-state index contributed by atoms with van der Waals surface area (Å²) in [5.41, 5.74) is 6.69. The van der Waals surface area contributed by atoms with Gasteiger partial charge in [0.2, 0.25) is 0 Å². The van der Waals surface area contributed by atoms with E-state index in [-0.39, 0.29) is 11.8 Å². The molecule has 1 aliphatic heterocycles. The molecule has 1 aromatic heterocycles. The van der Waals surface area contributed by atoms with Gasteiger partial charge in [-0.2, -0.15) is 0 Å². The Balaban J connectivity index is 1.93. The van der Waals surface area contributed by atoms with Crippen LogP contribution in [0.4, 0.5) is 5.69 Å². The molecule has 1 unspecified atom stereocenters. The summed E-state index contributed by atoms with van der Waals surface area (Å²) in [5, 5.41) is 29.6. The number of fused-ring (bicyclic) bond motifs is 3. The number of aryl methyl sites for hydroxylation is 1. The molecular formula is C21H22N2O2S. The smallest absolute Gasteiger partial charge is 0.160 e. The van der Waals surface area contributed by atoms with Crippen molar-refractivity contribution >= 4 is 17.0 Å². The fourth-order valence-electron chi connectivity index (χ4n) is 3.59. The van der Waals surface area contributed by atoms with Crippen LogP contribution in [0, 0.1) is 6.92 Å². The summed E-state index contributed by atoms with van der Waals surface area (Å²) in [5.74, 6) is 0.256. The molecule has 4 N–H and O–H groups in total. The summed E-state index contributed by atoms with van der Waals surface area (Å²) >= 11 is 1.52. The lowest BCUT2D eigenvalue weighted by Crippen LogP contribution is -2.16. The van der Waals surface area contributed by atoms with Crippen LogP contribution in [0.2, 0.25) is 0 Å². The van der Waals surface area contributed by atoms with Gasteiger partial charge in [0.25, 0.3) is 0 Å².